The van der Waals surface area contributed by atoms with Gasteiger partial charge < -0.3 is 30.1 Å². The first-order chi connectivity index (χ1) is 18.3. The molecule has 2 aromatic carbocycles. The maximum absolute atomic E-state index is 14.0. The van der Waals surface area contributed by atoms with E-state index in [-0.39, 0.29) is 0 Å². The molecule has 0 radical (unpaired) electrons. The van der Waals surface area contributed by atoms with E-state index in [1.165, 1.54) is 4.90 Å². The van der Waals surface area contributed by atoms with Crippen molar-refractivity contribution in [3.63, 3.8) is 0 Å². The van der Waals surface area contributed by atoms with Crippen molar-refractivity contribution < 1.29 is 29.0 Å². The standard InChI is InChI=1S/C30H39N3O6/c1-9-20-11-13-21(14-12-20)25(26(35)31-22-15-17-23(38-8)18-16-22)33(30(6,7)10-2)27(36)24(19-34)32-28(37)39-29(3,4)5/h1,11-18,24-25,34H,10,19H2,2-8H3,(H,31,35)(H,32,37). The maximum Gasteiger partial charge on any atom is 0.408 e. The van der Waals surface area contributed by atoms with Crippen molar-refractivity contribution in [3.8, 4) is 18.1 Å². The molecular formula is C30H39N3O6. The van der Waals surface area contributed by atoms with E-state index in [0.29, 0.717) is 29.0 Å². The number of methoxy groups -OCH3 is 1. The van der Waals surface area contributed by atoms with Crippen molar-refractivity contribution >= 4 is 23.6 Å². The zero-order valence-electron chi connectivity index (χ0n) is 23.7. The van der Waals surface area contributed by atoms with Crippen LogP contribution >= 0.6 is 0 Å². The largest absolute Gasteiger partial charge is 0.497 e. The lowest BCUT2D eigenvalue weighted by Crippen LogP contribution is -2.59. The lowest BCUT2D eigenvalue weighted by atomic mass is 9.91. The molecule has 0 saturated heterocycles. The fraction of sp³-hybridized carbons (Fsp3) is 0.433. The molecule has 0 spiro atoms. The van der Waals surface area contributed by atoms with Gasteiger partial charge in [0.25, 0.3) is 5.91 Å². The molecule has 2 atom stereocenters. The van der Waals surface area contributed by atoms with Crippen LogP contribution in [0.3, 0.4) is 0 Å². The van der Waals surface area contributed by atoms with Gasteiger partial charge in [-0.1, -0.05) is 25.0 Å². The minimum Gasteiger partial charge on any atom is -0.497 e. The Bertz CT molecular complexity index is 1180. The molecule has 210 valence electrons. The molecule has 0 fully saturated rings. The van der Waals surface area contributed by atoms with Crippen molar-refractivity contribution in [2.24, 2.45) is 0 Å². The van der Waals surface area contributed by atoms with Crippen LogP contribution in [0.15, 0.2) is 48.5 Å². The molecule has 0 heterocycles. The normalized spacial score (nSPS) is 12.9. The van der Waals surface area contributed by atoms with Gasteiger partial charge in [0.1, 0.15) is 23.4 Å². The van der Waals surface area contributed by atoms with Crippen molar-refractivity contribution in [3.05, 3.63) is 59.7 Å². The topological polar surface area (TPSA) is 117 Å². The average Bonchev–Trinajstić information content (AvgIpc) is 2.89. The third-order valence-electron chi connectivity index (χ3n) is 6.18. The van der Waals surface area contributed by atoms with Crippen LogP contribution in [0.25, 0.3) is 0 Å². The summed E-state index contributed by atoms with van der Waals surface area (Å²) in [5.74, 6) is 2.03. The lowest BCUT2D eigenvalue weighted by Gasteiger charge is -2.44. The Balaban J connectivity index is 2.58. The highest BCUT2D eigenvalue weighted by Gasteiger charge is 2.43. The van der Waals surface area contributed by atoms with Crippen molar-refractivity contribution in [1.29, 1.82) is 0 Å². The van der Waals surface area contributed by atoms with Gasteiger partial charge in [0.15, 0.2) is 0 Å². The van der Waals surface area contributed by atoms with Gasteiger partial charge in [-0.15, -0.1) is 6.42 Å². The number of alkyl carbamates (subject to hydrolysis) is 1. The Hall–Kier alpha value is -4.03. The molecule has 0 saturated carbocycles. The summed E-state index contributed by atoms with van der Waals surface area (Å²) < 4.78 is 10.5. The molecule has 0 bridgehead atoms. The number of carbonyl (C=O) groups excluding carboxylic acids is 3. The monoisotopic (exact) mass is 537 g/mol. The van der Waals surface area contributed by atoms with Crippen LogP contribution in [0.1, 0.15) is 65.1 Å². The van der Waals surface area contributed by atoms with Gasteiger partial charge in [-0.25, -0.2) is 4.79 Å². The lowest BCUT2D eigenvalue weighted by molar-refractivity contribution is -0.148. The van der Waals surface area contributed by atoms with Crippen LogP contribution in [-0.4, -0.2) is 58.8 Å². The quantitative estimate of drug-likeness (QED) is 0.390. The first kappa shape index (κ1) is 31.2. The number of terminal acetylenes is 1. The van der Waals surface area contributed by atoms with Crippen LogP contribution in [0.5, 0.6) is 5.75 Å². The van der Waals surface area contributed by atoms with Gasteiger partial charge in [-0.3, -0.25) is 9.59 Å². The molecule has 9 heteroatoms. The van der Waals surface area contributed by atoms with Crippen LogP contribution in [0.4, 0.5) is 10.5 Å². The minimum absolute atomic E-state index is 0.470. The molecular weight excluding hydrogens is 498 g/mol. The third kappa shape index (κ3) is 8.48. The molecule has 39 heavy (non-hydrogen) atoms. The van der Waals surface area contributed by atoms with Crippen LogP contribution in [0.2, 0.25) is 0 Å². The minimum atomic E-state index is -1.35. The van der Waals surface area contributed by atoms with E-state index < -0.39 is 47.7 Å². The second-order valence-electron chi connectivity index (χ2n) is 10.6. The smallest absolute Gasteiger partial charge is 0.408 e. The van der Waals surface area contributed by atoms with E-state index in [2.05, 4.69) is 16.6 Å². The Kier molecular flexibility index (Phi) is 10.5. The first-order valence-corrected chi connectivity index (χ1v) is 12.7. The second-order valence-corrected chi connectivity index (χ2v) is 10.6. The first-order valence-electron chi connectivity index (χ1n) is 12.7. The number of hydrogen-bond acceptors (Lipinski definition) is 6. The van der Waals surface area contributed by atoms with Crippen molar-refractivity contribution in [2.45, 2.75) is 71.2 Å². The Morgan fingerprint density at radius 1 is 1.03 bits per heavy atom. The highest BCUT2D eigenvalue weighted by atomic mass is 16.6. The number of nitrogens with one attached hydrogen (secondary N) is 2. The molecule has 3 amide bonds. The highest BCUT2D eigenvalue weighted by Crippen LogP contribution is 2.33. The number of carbonyl (C=O) groups is 3. The van der Waals surface area contributed by atoms with E-state index in [9.17, 15) is 19.5 Å². The summed E-state index contributed by atoms with van der Waals surface area (Å²) in [6.45, 7) is 9.88. The summed E-state index contributed by atoms with van der Waals surface area (Å²) in [6, 6.07) is 11.1. The fourth-order valence-corrected chi connectivity index (χ4v) is 3.81. The Labute approximate surface area is 230 Å². The number of amides is 3. The number of nitrogens with zero attached hydrogens (tertiary/aromatic N) is 1. The van der Waals surface area contributed by atoms with E-state index in [0.717, 1.165) is 0 Å². The van der Waals surface area contributed by atoms with E-state index >= 15 is 0 Å². The highest BCUT2D eigenvalue weighted by molar-refractivity contribution is 5.99. The molecule has 2 unspecified atom stereocenters. The maximum atomic E-state index is 14.0. The summed E-state index contributed by atoms with van der Waals surface area (Å²) in [7, 11) is 1.54. The Morgan fingerprint density at radius 3 is 2.08 bits per heavy atom. The van der Waals surface area contributed by atoms with Gasteiger partial charge in [0, 0.05) is 16.8 Å². The number of benzene rings is 2. The van der Waals surface area contributed by atoms with Gasteiger partial charge in [0.2, 0.25) is 5.91 Å². The van der Waals surface area contributed by atoms with E-state index in [4.69, 9.17) is 15.9 Å². The summed E-state index contributed by atoms with van der Waals surface area (Å²) in [5.41, 5.74) is -0.0651. The third-order valence-corrected chi connectivity index (χ3v) is 6.18. The number of anilines is 1. The SMILES string of the molecule is C#Cc1ccc(C(C(=O)Nc2ccc(OC)cc2)N(C(=O)C(CO)NC(=O)OC(C)(C)C)C(C)(C)CC)cc1. The van der Waals surface area contributed by atoms with Crippen molar-refractivity contribution in [1.82, 2.24) is 10.2 Å². The van der Waals surface area contributed by atoms with Gasteiger partial charge in [-0.2, -0.15) is 0 Å². The number of hydrogen-bond donors (Lipinski definition) is 3. The molecule has 0 aliphatic heterocycles. The molecule has 9 nitrogen and oxygen atoms in total. The molecule has 0 aliphatic carbocycles. The summed E-state index contributed by atoms with van der Waals surface area (Å²) in [6.07, 6.45) is 5.14. The number of ether oxygens (including phenoxy) is 2. The number of aliphatic hydroxyl groups is 1. The summed E-state index contributed by atoms with van der Waals surface area (Å²) in [4.78, 5) is 41.8. The molecule has 0 aromatic heterocycles. The molecule has 2 rings (SSSR count). The zero-order valence-corrected chi connectivity index (χ0v) is 23.7. The molecule has 2 aromatic rings. The predicted octanol–water partition coefficient (Wildman–Crippen LogP) is 4.26. The zero-order chi connectivity index (χ0) is 29.4. The predicted molar refractivity (Wildman–Crippen MR) is 150 cm³/mol. The Morgan fingerprint density at radius 2 is 1.62 bits per heavy atom. The van der Waals surface area contributed by atoms with Crippen LogP contribution in [0, 0.1) is 12.3 Å². The van der Waals surface area contributed by atoms with Gasteiger partial charge in [0.05, 0.1) is 13.7 Å². The van der Waals surface area contributed by atoms with E-state index in [1.807, 2.05) is 20.8 Å². The number of aliphatic hydroxyl groups excluding tert-OH is 1. The van der Waals surface area contributed by atoms with Gasteiger partial charge in [-0.05, 0) is 83.0 Å². The molecule has 0 aliphatic rings. The van der Waals surface area contributed by atoms with Gasteiger partial charge >= 0.3 is 6.09 Å². The van der Waals surface area contributed by atoms with E-state index in [1.54, 1.807) is 76.4 Å². The average molecular weight is 538 g/mol. The summed E-state index contributed by atoms with van der Waals surface area (Å²) in [5, 5.41) is 15.5. The summed E-state index contributed by atoms with van der Waals surface area (Å²) >= 11 is 0. The van der Waals surface area contributed by atoms with Crippen LogP contribution in [-0.2, 0) is 14.3 Å². The van der Waals surface area contributed by atoms with Crippen molar-refractivity contribution in [2.75, 3.05) is 19.0 Å². The van der Waals surface area contributed by atoms with Crippen LogP contribution < -0.4 is 15.4 Å². The number of rotatable bonds is 10. The second kappa shape index (κ2) is 13.2. The molecule has 3 N–H and O–H groups in total. The fourth-order valence-electron chi connectivity index (χ4n) is 3.81.